The second-order valence-corrected chi connectivity index (χ2v) is 6.48. The van der Waals surface area contributed by atoms with Gasteiger partial charge in [0, 0.05) is 31.9 Å². The molecular weight excluding hydrogens is 278 g/mol. The minimum Gasteiger partial charge on any atom is -0.399 e. The van der Waals surface area contributed by atoms with Crippen LogP contribution in [0, 0.1) is 0 Å². The summed E-state index contributed by atoms with van der Waals surface area (Å²) in [5.74, 6) is 0. The first kappa shape index (κ1) is 16.9. The van der Waals surface area contributed by atoms with E-state index in [-0.39, 0.29) is 12.6 Å². The second kappa shape index (κ2) is 7.58. The van der Waals surface area contributed by atoms with Crippen molar-refractivity contribution in [3.05, 3.63) is 29.8 Å². The van der Waals surface area contributed by atoms with Crippen molar-refractivity contribution in [1.29, 1.82) is 0 Å². The summed E-state index contributed by atoms with van der Waals surface area (Å²) in [6, 6.07) is 7.04. The van der Waals surface area contributed by atoms with Crippen molar-refractivity contribution in [3.8, 4) is 0 Å². The lowest BCUT2D eigenvalue weighted by atomic mass is 10.2. The third-order valence-electron chi connectivity index (χ3n) is 2.79. The number of ether oxygens (including phenoxy) is 1. The Morgan fingerprint density at radius 2 is 1.90 bits per heavy atom. The van der Waals surface area contributed by atoms with Crippen molar-refractivity contribution in [2.24, 2.45) is 0 Å². The molecular formula is C13H23N3O3S. The van der Waals surface area contributed by atoms with Gasteiger partial charge in [0.1, 0.15) is 0 Å². The van der Waals surface area contributed by atoms with E-state index >= 15 is 0 Å². The number of nitrogen functional groups attached to an aromatic ring is 1. The molecule has 114 valence electrons. The molecule has 0 radical (unpaired) electrons. The third-order valence-corrected chi connectivity index (χ3v) is 4.53. The first-order valence-corrected chi connectivity index (χ1v) is 7.90. The van der Waals surface area contributed by atoms with Crippen LogP contribution in [0.2, 0.25) is 0 Å². The van der Waals surface area contributed by atoms with Crippen LogP contribution in [-0.2, 0) is 21.5 Å². The van der Waals surface area contributed by atoms with E-state index in [1.54, 1.807) is 12.1 Å². The summed E-state index contributed by atoms with van der Waals surface area (Å²) in [6.07, 6.45) is 0. The van der Waals surface area contributed by atoms with Gasteiger partial charge in [0.2, 0.25) is 0 Å². The molecule has 0 amide bonds. The molecule has 1 aromatic carbocycles. The minimum absolute atomic E-state index is 0.146. The molecule has 0 spiro atoms. The highest BCUT2D eigenvalue weighted by molar-refractivity contribution is 7.87. The molecule has 1 rings (SSSR count). The molecule has 0 unspecified atom stereocenters. The molecule has 3 N–H and O–H groups in total. The van der Waals surface area contributed by atoms with Gasteiger partial charge in [-0.2, -0.15) is 17.4 Å². The van der Waals surface area contributed by atoms with Gasteiger partial charge in [-0.05, 0) is 31.5 Å². The molecule has 0 fully saturated rings. The first-order valence-electron chi connectivity index (χ1n) is 6.46. The number of rotatable bonds is 8. The lowest BCUT2D eigenvalue weighted by molar-refractivity contribution is 0.203. The molecule has 0 aliphatic carbocycles. The molecule has 0 aromatic heterocycles. The van der Waals surface area contributed by atoms with Crippen LogP contribution in [0.3, 0.4) is 0 Å². The number of benzene rings is 1. The number of hydrogen-bond acceptors (Lipinski definition) is 4. The molecule has 0 aliphatic heterocycles. The quantitative estimate of drug-likeness (QED) is 0.553. The van der Waals surface area contributed by atoms with Crippen LogP contribution < -0.4 is 10.5 Å². The predicted octanol–water partition coefficient (Wildman–Crippen LogP) is 0.960. The van der Waals surface area contributed by atoms with Gasteiger partial charge in [-0.15, -0.1) is 0 Å². The number of nitrogens with one attached hydrogen (secondary N) is 1. The van der Waals surface area contributed by atoms with Crippen LogP contribution in [-0.4, -0.2) is 39.0 Å². The zero-order valence-corrected chi connectivity index (χ0v) is 13.0. The standard InChI is InChI=1S/C13H23N3O3S/c1-11(2)16(20(17,18)15-8-9-19-3)10-12-4-6-13(14)7-5-12/h4-7,11,15H,8-10,14H2,1-3H3. The third kappa shape index (κ3) is 5.09. The summed E-state index contributed by atoms with van der Waals surface area (Å²) in [6.45, 7) is 4.58. The van der Waals surface area contributed by atoms with Gasteiger partial charge in [-0.3, -0.25) is 0 Å². The molecule has 0 atom stereocenters. The van der Waals surface area contributed by atoms with Crippen molar-refractivity contribution in [3.63, 3.8) is 0 Å². The zero-order valence-electron chi connectivity index (χ0n) is 12.2. The first-order chi connectivity index (χ1) is 9.36. The number of hydrogen-bond donors (Lipinski definition) is 2. The molecule has 20 heavy (non-hydrogen) atoms. The Morgan fingerprint density at radius 3 is 2.40 bits per heavy atom. The molecule has 1 aromatic rings. The Balaban J connectivity index is 2.80. The molecule has 0 heterocycles. The normalized spacial score (nSPS) is 12.2. The summed E-state index contributed by atoms with van der Waals surface area (Å²) in [7, 11) is -2.00. The lowest BCUT2D eigenvalue weighted by Gasteiger charge is -2.26. The fourth-order valence-corrected chi connectivity index (χ4v) is 3.08. The van der Waals surface area contributed by atoms with E-state index in [2.05, 4.69) is 4.72 Å². The molecule has 0 saturated carbocycles. The van der Waals surface area contributed by atoms with Crippen LogP contribution in [0.25, 0.3) is 0 Å². The number of methoxy groups -OCH3 is 1. The summed E-state index contributed by atoms with van der Waals surface area (Å²) in [5, 5.41) is 0. The van der Waals surface area contributed by atoms with Gasteiger partial charge in [0.15, 0.2) is 0 Å². The fraction of sp³-hybridized carbons (Fsp3) is 0.538. The summed E-state index contributed by atoms with van der Waals surface area (Å²) >= 11 is 0. The van der Waals surface area contributed by atoms with Crippen molar-refractivity contribution in [2.75, 3.05) is 26.0 Å². The smallest absolute Gasteiger partial charge is 0.280 e. The Morgan fingerprint density at radius 1 is 1.30 bits per heavy atom. The summed E-state index contributed by atoms with van der Waals surface area (Å²) in [5.41, 5.74) is 7.18. The summed E-state index contributed by atoms with van der Waals surface area (Å²) < 4.78 is 33.3. The number of nitrogens with zero attached hydrogens (tertiary/aromatic N) is 1. The molecule has 6 nitrogen and oxygen atoms in total. The molecule has 7 heteroatoms. The van der Waals surface area contributed by atoms with Crippen LogP contribution in [0.4, 0.5) is 5.69 Å². The van der Waals surface area contributed by atoms with Crippen LogP contribution in [0.15, 0.2) is 24.3 Å². The van der Waals surface area contributed by atoms with E-state index in [9.17, 15) is 8.42 Å². The van der Waals surface area contributed by atoms with Crippen molar-refractivity contribution in [1.82, 2.24) is 9.03 Å². The second-order valence-electron chi connectivity index (χ2n) is 4.77. The highest BCUT2D eigenvalue weighted by Crippen LogP contribution is 2.13. The van der Waals surface area contributed by atoms with Gasteiger partial charge >= 0.3 is 0 Å². The van der Waals surface area contributed by atoms with E-state index in [0.29, 0.717) is 18.8 Å². The molecule has 0 bridgehead atoms. The highest BCUT2D eigenvalue weighted by atomic mass is 32.2. The lowest BCUT2D eigenvalue weighted by Crippen LogP contribution is -2.44. The number of anilines is 1. The topological polar surface area (TPSA) is 84.7 Å². The van der Waals surface area contributed by atoms with Gasteiger partial charge in [-0.25, -0.2) is 0 Å². The molecule has 0 saturated heterocycles. The van der Waals surface area contributed by atoms with Crippen molar-refractivity contribution < 1.29 is 13.2 Å². The Hall–Kier alpha value is -1.15. The van der Waals surface area contributed by atoms with Gasteiger partial charge < -0.3 is 10.5 Å². The monoisotopic (exact) mass is 301 g/mol. The SMILES string of the molecule is COCCNS(=O)(=O)N(Cc1ccc(N)cc1)C(C)C. The molecule has 0 aliphatic rings. The maximum absolute atomic E-state index is 12.3. The van der Waals surface area contributed by atoms with Crippen LogP contribution in [0.5, 0.6) is 0 Å². The van der Waals surface area contributed by atoms with E-state index in [0.717, 1.165) is 5.56 Å². The Bertz CT molecular complexity index is 500. The van der Waals surface area contributed by atoms with E-state index in [4.69, 9.17) is 10.5 Å². The minimum atomic E-state index is -3.53. The largest absolute Gasteiger partial charge is 0.399 e. The zero-order chi connectivity index (χ0) is 15.2. The fourth-order valence-electron chi connectivity index (χ4n) is 1.70. The van der Waals surface area contributed by atoms with Crippen LogP contribution >= 0.6 is 0 Å². The predicted molar refractivity (Wildman–Crippen MR) is 80.3 cm³/mol. The summed E-state index contributed by atoms with van der Waals surface area (Å²) in [4.78, 5) is 0. The average Bonchev–Trinajstić information content (AvgIpc) is 2.37. The van der Waals surface area contributed by atoms with Gasteiger partial charge in [-0.1, -0.05) is 12.1 Å². The van der Waals surface area contributed by atoms with E-state index in [1.807, 2.05) is 26.0 Å². The van der Waals surface area contributed by atoms with E-state index in [1.165, 1.54) is 11.4 Å². The Labute approximate surface area is 121 Å². The maximum Gasteiger partial charge on any atom is 0.280 e. The highest BCUT2D eigenvalue weighted by Gasteiger charge is 2.24. The number of nitrogens with two attached hydrogens (primary N) is 1. The van der Waals surface area contributed by atoms with Crippen LogP contribution in [0.1, 0.15) is 19.4 Å². The van der Waals surface area contributed by atoms with E-state index < -0.39 is 10.2 Å². The van der Waals surface area contributed by atoms with Crippen molar-refractivity contribution >= 4 is 15.9 Å². The van der Waals surface area contributed by atoms with Crippen molar-refractivity contribution in [2.45, 2.75) is 26.4 Å². The average molecular weight is 301 g/mol. The Kier molecular flexibility index (Phi) is 6.41. The maximum atomic E-state index is 12.3. The van der Waals surface area contributed by atoms with Gasteiger partial charge in [0.25, 0.3) is 10.2 Å². The van der Waals surface area contributed by atoms with Gasteiger partial charge in [0.05, 0.1) is 6.61 Å².